The first kappa shape index (κ1) is 14.7. The molecule has 1 saturated heterocycles. The van der Waals surface area contributed by atoms with Crippen LogP contribution in [-0.2, 0) is 0 Å². The summed E-state index contributed by atoms with van der Waals surface area (Å²) in [6.45, 7) is 2.01. The molecule has 1 aliphatic heterocycles. The van der Waals surface area contributed by atoms with E-state index in [1.54, 1.807) is 6.07 Å². The van der Waals surface area contributed by atoms with Gasteiger partial charge in [0.1, 0.15) is 12.0 Å². The zero-order valence-electron chi connectivity index (χ0n) is 10.2. The Balaban J connectivity index is 0.00000162. The van der Waals surface area contributed by atoms with Crippen LogP contribution < -0.4 is 10.2 Å². The standard InChI is InChI=1S/C11H16N4O2.ClH/c1-14(9-3-2-6-12-7-9)11-5-4-10(8-13-11)15(16)17;/h4-5,8-9,12H,2-3,6-7H2,1H3;1H/t9-;/m0./s1. The fourth-order valence-electron chi connectivity index (χ4n) is 2.05. The average molecular weight is 273 g/mol. The Morgan fingerprint density at radius 1 is 1.56 bits per heavy atom. The molecule has 2 heterocycles. The Bertz CT molecular complexity index is 393. The van der Waals surface area contributed by atoms with E-state index in [0.29, 0.717) is 6.04 Å². The molecule has 6 nitrogen and oxygen atoms in total. The van der Waals surface area contributed by atoms with Gasteiger partial charge in [0.15, 0.2) is 0 Å². The van der Waals surface area contributed by atoms with Crippen LogP contribution in [0, 0.1) is 10.1 Å². The van der Waals surface area contributed by atoms with E-state index in [2.05, 4.69) is 15.2 Å². The third-order valence-electron chi connectivity index (χ3n) is 3.12. The average Bonchev–Trinajstić information content (AvgIpc) is 2.39. The van der Waals surface area contributed by atoms with Crippen molar-refractivity contribution in [3.8, 4) is 0 Å². The first-order valence-corrected chi connectivity index (χ1v) is 5.72. The summed E-state index contributed by atoms with van der Waals surface area (Å²) in [7, 11) is 1.98. The lowest BCUT2D eigenvalue weighted by molar-refractivity contribution is -0.385. The van der Waals surface area contributed by atoms with E-state index >= 15 is 0 Å². The number of nitrogens with zero attached hydrogens (tertiary/aromatic N) is 3. The van der Waals surface area contributed by atoms with Crippen LogP contribution in [0.25, 0.3) is 0 Å². The molecule has 1 atom stereocenters. The van der Waals surface area contributed by atoms with Crippen molar-refractivity contribution in [2.75, 3.05) is 25.0 Å². The van der Waals surface area contributed by atoms with Gasteiger partial charge in [-0.1, -0.05) is 0 Å². The van der Waals surface area contributed by atoms with E-state index in [1.807, 2.05) is 7.05 Å². The fraction of sp³-hybridized carbons (Fsp3) is 0.545. The third-order valence-corrected chi connectivity index (χ3v) is 3.12. The minimum atomic E-state index is -0.432. The number of pyridine rings is 1. The van der Waals surface area contributed by atoms with E-state index in [-0.39, 0.29) is 18.1 Å². The summed E-state index contributed by atoms with van der Waals surface area (Å²) >= 11 is 0. The van der Waals surface area contributed by atoms with Gasteiger partial charge in [-0.2, -0.15) is 0 Å². The van der Waals surface area contributed by atoms with Gasteiger partial charge in [-0.25, -0.2) is 4.98 Å². The summed E-state index contributed by atoms with van der Waals surface area (Å²) < 4.78 is 0. The molecule has 0 amide bonds. The summed E-state index contributed by atoms with van der Waals surface area (Å²) in [5.41, 5.74) is 0.0314. The summed E-state index contributed by atoms with van der Waals surface area (Å²) in [4.78, 5) is 16.3. The Hall–Kier alpha value is -1.40. The van der Waals surface area contributed by atoms with Crippen LogP contribution in [0.4, 0.5) is 11.5 Å². The number of hydrogen-bond donors (Lipinski definition) is 1. The molecule has 1 aliphatic rings. The van der Waals surface area contributed by atoms with Gasteiger partial charge in [0.25, 0.3) is 5.69 Å². The highest BCUT2D eigenvalue weighted by molar-refractivity contribution is 5.85. The van der Waals surface area contributed by atoms with Crippen molar-refractivity contribution in [1.29, 1.82) is 0 Å². The fourth-order valence-corrected chi connectivity index (χ4v) is 2.05. The highest BCUT2D eigenvalue weighted by Crippen LogP contribution is 2.19. The zero-order valence-corrected chi connectivity index (χ0v) is 11.0. The Kier molecular flexibility index (Phi) is 5.30. The number of nitrogens with one attached hydrogen (secondary N) is 1. The van der Waals surface area contributed by atoms with Gasteiger partial charge in [-0.3, -0.25) is 10.1 Å². The number of piperidine rings is 1. The number of aromatic nitrogens is 1. The lowest BCUT2D eigenvalue weighted by atomic mass is 10.1. The molecule has 2 rings (SSSR count). The minimum Gasteiger partial charge on any atom is -0.355 e. The number of rotatable bonds is 3. The summed E-state index contributed by atoms with van der Waals surface area (Å²) in [6, 6.07) is 3.61. The smallest absolute Gasteiger partial charge is 0.287 e. The highest BCUT2D eigenvalue weighted by atomic mass is 35.5. The molecule has 0 aliphatic carbocycles. The summed E-state index contributed by atoms with van der Waals surface area (Å²) in [6.07, 6.45) is 3.59. The lowest BCUT2D eigenvalue weighted by Crippen LogP contribution is -2.44. The number of hydrogen-bond acceptors (Lipinski definition) is 5. The maximum Gasteiger partial charge on any atom is 0.287 e. The van der Waals surface area contributed by atoms with Crippen molar-refractivity contribution in [3.63, 3.8) is 0 Å². The molecule has 1 fully saturated rings. The molecule has 0 aromatic carbocycles. The molecule has 0 saturated carbocycles. The van der Waals surface area contributed by atoms with Gasteiger partial charge >= 0.3 is 0 Å². The van der Waals surface area contributed by atoms with Crippen molar-refractivity contribution in [2.45, 2.75) is 18.9 Å². The molecule has 0 spiro atoms. The minimum absolute atomic E-state index is 0. The van der Waals surface area contributed by atoms with Gasteiger partial charge in [0.05, 0.1) is 4.92 Å². The van der Waals surface area contributed by atoms with Gasteiger partial charge in [0, 0.05) is 25.7 Å². The first-order chi connectivity index (χ1) is 8.18. The SMILES string of the molecule is CN(c1ccc([N+](=O)[O-])cn1)[C@H]1CCCNC1.Cl. The van der Waals surface area contributed by atoms with E-state index in [0.717, 1.165) is 31.7 Å². The van der Waals surface area contributed by atoms with E-state index in [1.165, 1.54) is 12.3 Å². The molecule has 0 unspecified atom stereocenters. The highest BCUT2D eigenvalue weighted by Gasteiger charge is 2.19. The van der Waals surface area contributed by atoms with Gasteiger partial charge in [-0.15, -0.1) is 12.4 Å². The molecular formula is C11H17ClN4O2. The number of nitro groups is 1. The Morgan fingerprint density at radius 2 is 2.33 bits per heavy atom. The number of likely N-dealkylation sites (N-methyl/N-ethyl adjacent to an activating group) is 1. The van der Waals surface area contributed by atoms with Crippen molar-refractivity contribution >= 4 is 23.9 Å². The lowest BCUT2D eigenvalue weighted by Gasteiger charge is -2.32. The topological polar surface area (TPSA) is 71.3 Å². The maximum atomic E-state index is 10.5. The van der Waals surface area contributed by atoms with Crippen LogP contribution in [0.1, 0.15) is 12.8 Å². The molecule has 100 valence electrons. The largest absolute Gasteiger partial charge is 0.355 e. The number of anilines is 1. The van der Waals surface area contributed by atoms with Gasteiger partial charge < -0.3 is 10.2 Å². The van der Waals surface area contributed by atoms with E-state index in [4.69, 9.17) is 0 Å². The molecule has 0 bridgehead atoms. The van der Waals surface area contributed by atoms with Crippen molar-refractivity contribution in [2.24, 2.45) is 0 Å². The zero-order chi connectivity index (χ0) is 12.3. The van der Waals surface area contributed by atoms with Crippen LogP contribution in [0.2, 0.25) is 0 Å². The van der Waals surface area contributed by atoms with Crippen LogP contribution in [-0.4, -0.2) is 36.1 Å². The van der Waals surface area contributed by atoms with Crippen LogP contribution in [0.15, 0.2) is 18.3 Å². The molecule has 1 aromatic heterocycles. The molecule has 0 radical (unpaired) electrons. The Labute approximate surface area is 112 Å². The predicted octanol–water partition coefficient (Wildman–Crippen LogP) is 1.60. The van der Waals surface area contributed by atoms with Gasteiger partial charge in [-0.05, 0) is 25.5 Å². The summed E-state index contributed by atoms with van der Waals surface area (Å²) in [5, 5.41) is 13.9. The van der Waals surface area contributed by atoms with Crippen molar-refractivity contribution in [1.82, 2.24) is 10.3 Å². The molecule has 7 heteroatoms. The Morgan fingerprint density at radius 3 is 2.83 bits per heavy atom. The molecule has 1 aromatic rings. The maximum absolute atomic E-state index is 10.5. The normalized spacial score (nSPS) is 18.8. The van der Waals surface area contributed by atoms with Crippen molar-refractivity contribution < 1.29 is 4.92 Å². The van der Waals surface area contributed by atoms with Crippen LogP contribution in [0.5, 0.6) is 0 Å². The monoisotopic (exact) mass is 272 g/mol. The molecule has 1 N–H and O–H groups in total. The van der Waals surface area contributed by atoms with Crippen LogP contribution in [0.3, 0.4) is 0 Å². The number of halogens is 1. The van der Waals surface area contributed by atoms with Crippen molar-refractivity contribution in [3.05, 3.63) is 28.4 Å². The second kappa shape index (κ2) is 6.51. The predicted molar refractivity (Wildman–Crippen MR) is 72.4 cm³/mol. The summed E-state index contributed by atoms with van der Waals surface area (Å²) in [5.74, 6) is 0.782. The van der Waals surface area contributed by atoms with Gasteiger partial charge in [0.2, 0.25) is 0 Å². The van der Waals surface area contributed by atoms with Crippen LogP contribution >= 0.6 is 12.4 Å². The third kappa shape index (κ3) is 3.30. The quantitative estimate of drug-likeness (QED) is 0.668. The molecule has 18 heavy (non-hydrogen) atoms. The molecular weight excluding hydrogens is 256 g/mol. The first-order valence-electron chi connectivity index (χ1n) is 5.72. The van der Waals surface area contributed by atoms with E-state index < -0.39 is 4.92 Å². The second-order valence-electron chi connectivity index (χ2n) is 4.24. The second-order valence-corrected chi connectivity index (χ2v) is 4.24. The van der Waals surface area contributed by atoms with E-state index in [9.17, 15) is 10.1 Å².